The summed E-state index contributed by atoms with van der Waals surface area (Å²) in [5.41, 5.74) is -4.92. The molecule has 0 aliphatic heterocycles. The Morgan fingerprint density at radius 1 is 0.957 bits per heavy atom. The molecule has 127 valence electrons. The topological polar surface area (TPSA) is 127 Å². The average Bonchev–Trinajstić information content (AvgIpc) is 2.90. The van der Waals surface area contributed by atoms with Crippen LogP contribution in [0, 0.1) is 5.41 Å². The van der Waals surface area contributed by atoms with E-state index in [4.69, 9.17) is 4.74 Å². The van der Waals surface area contributed by atoms with E-state index in [2.05, 4.69) is 4.74 Å². The van der Waals surface area contributed by atoms with Gasteiger partial charge in [0.05, 0.1) is 0 Å². The van der Waals surface area contributed by atoms with Crippen LogP contribution in [0.15, 0.2) is 0 Å². The molecule has 2 rings (SSSR count). The monoisotopic (exact) mass is 327 g/mol. The number of aliphatic carboxylic acids is 2. The van der Waals surface area contributed by atoms with Crippen LogP contribution in [0.3, 0.4) is 0 Å². The highest BCUT2D eigenvalue weighted by molar-refractivity contribution is 6.07. The van der Waals surface area contributed by atoms with Crippen molar-refractivity contribution in [2.24, 2.45) is 5.41 Å². The Balaban J connectivity index is 2.36. The predicted molar refractivity (Wildman–Crippen MR) is 74.0 cm³/mol. The number of rotatable bonds is 6. The van der Waals surface area contributed by atoms with Gasteiger partial charge in [-0.25, -0.2) is 9.59 Å². The van der Waals surface area contributed by atoms with Gasteiger partial charge in [-0.15, -0.1) is 0 Å². The first-order valence-electron chi connectivity index (χ1n) is 7.64. The Bertz CT molecular complexity index is 510. The van der Waals surface area contributed by atoms with Crippen LogP contribution in [0.4, 0.5) is 0 Å². The smallest absolute Gasteiger partial charge is 0.418 e. The summed E-state index contributed by atoms with van der Waals surface area (Å²) >= 11 is 0. The summed E-state index contributed by atoms with van der Waals surface area (Å²) in [5, 5.41) is 19.1. The number of hydrogen-bond donors (Lipinski definition) is 2. The molecule has 0 spiro atoms. The van der Waals surface area contributed by atoms with E-state index in [1.165, 1.54) is 0 Å². The van der Waals surface area contributed by atoms with Crippen molar-refractivity contribution in [3.63, 3.8) is 0 Å². The van der Waals surface area contributed by atoms with Crippen LogP contribution in [0.25, 0.3) is 0 Å². The Labute approximate surface area is 132 Å². The third kappa shape index (κ3) is 2.66. The molecule has 8 nitrogen and oxygen atoms in total. The lowest BCUT2D eigenvalue weighted by atomic mass is 9.73. The van der Waals surface area contributed by atoms with Crippen molar-refractivity contribution in [2.75, 3.05) is 0 Å². The molecule has 8 heteroatoms. The molecule has 1 radical (unpaired) electrons. The normalized spacial score (nSPS) is 31.3. The van der Waals surface area contributed by atoms with Gasteiger partial charge in [0.15, 0.2) is 0 Å². The molecule has 0 aromatic carbocycles. The Kier molecular flexibility index (Phi) is 4.91. The zero-order valence-electron chi connectivity index (χ0n) is 12.6. The fourth-order valence-corrected chi connectivity index (χ4v) is 3.63. The number of carbonyl (C=O) groups is 3. The second-order valence-electron chi connectivity index (χ2n) is 6.05. The van der Waals surface area contributed by atoms with E-state index in [1.54, 1.807) is 0 Å². The van der Waals surface area contributed by atoms with Crippen molar-refractivity contribution in [3.05, 3.63) is 0 Å². The molecule has 2 saturated carbocycles. The number of hydrogen-bond acceptors (Lipinski definition) is 6. The van der Waals surface area contributed by atoms with Crippen molar-refractivity contribution < 1.29 is 38.9 Å². The minimum atomic E-state index is -2.48. The van der Waals surface area contributed by atoms with Gasteiger partial charge in [-0.05, 0) is 38.5 Å². The third-order valence-corrected chi connectivity index (χ3v) is 4.87. The molecule has 0 aromatic heterocycles. The first-order valence-corrected chi connectivity index (χ1v) is 7.64. The molecule has 0 saturated heterocycles. The number of carboxylic acids is 2. The quantitative estimate of drug-likeness (QED) is 0.547. The second-order valence-corrected chi connectivity index (χ2v) is 6.05. The van der Waals surface area contributed by atoms with Gasteiger partial charge in [-0.1, -0.05) is 6.42 Å². The minimum absolute atomic E-state index is 0.111. The van der Waals surface area contributed by atoms with Gasteiger partial charge in [0.2, 0.25) is 11.0 Å². The zero-order valence-corrected chi connectivity index (χ0v) is 12.6. The molecule has 2 unspecified atom stereocenters. The first kappa shape index (κ1) is 17.2. The van der Waals surface area contributed by atoms with Gasteiger partial charge < -0.3 is 19.7 Å². The molecule has 2 N–H and O–H groups in total. The van der Waals surface area contributed by atoms with E-state index in [0.717, 1.165) is 25.7 Å². The number of carbonyl (C=O) groups excluding carboxylic acids is 2. The fourth-order valence-electron chi connectivity index (χ4n) is 3.63. The van der Waals surface area contributed by atoms with Crippen LogP contribution >= 0.6 is 0 Å². The summed E-state index contributed by atoms with van der Waals surface area (Å²) < 4.78 is 9.85. The first-order chi connectivity index (χ1) is 10.9. The molecule has 23 heavy (non-hydrogen) atoms. The summed E-state index contributed by atoms with van der Waals surface area (Å²) in [5.74, 6) is -4.48. The van der Waals surface area contributed by atoms with Gasteiger partial charge in [0.25, 0.3) is 0 Å². The Morgan fingerprint density at radius 3 is 2.13 bits per heavy atom. The highest BCUT2D eigenvalue weighted by Crippen LogP contribution is 2.50. The van der Waals surface area contributed by atoms with Crippen molar-refractivity contribution in [1.82, 2.24) is 0 Å². The van der Waals surface area contributed by atoms with Crippen LogP contribution in [0.2, 0.25) is 0 Å². The minimum Gasteiger partial charge on any atom is -0.480 e. The van der Waals surface area contributed by atoms with E-state index in [0.29, 0.717) is 12.8 Å². The summed E-state index contributed by atoms with van der Waals surface area (Å²) in [6, 6.07) is 0. The summed E-state index contributed by atoms with van der Waals surface area (Å²) in [7, 11) is 0. The highest BCUT2D eigenvalue weighted by Gasteiger charge is 2.72. The van der Waals surface area contributed by atoms with Crippen LogP contribution in [0.1, 0.15) is 51.4 Å². The van der Waals surface area contributed by atoms with E-state index in [1.807, 2.05) is 0 Å². The second kappa shape index (κ2) is 6.55. The standard InChI is InChI=1S/C15H19O8/c16-9-22-15(12(19)20)8-4-7-14(15,11(17)18)13(21)23-10-5-2-1-3-6-10/h10H,1-8H2,(H,17,18)(H,19,20). The van der Waals surface area contributed by atoms with Crippen molar-refractivity contribution >= 4 is 24.4 Å². The maximum Gasteiger partial charge on any atom is 0.418 e. The van der Waals surface area contributed by atoms with Gasteiger partial charge in [-0.2, -0.15) is 0 Å². The molecule has 0 heterocycles. The van der Waals surface area contributed by atoms with Gasteiger partial charge >= 0.3 is 24.4 Å². The maximum absolute atomic E-state index is 12.6. The van der Waals surface area contributed by atoms with Crippen molar-refractivity contribution in [3.8, 4) is 0 Å². The summed E-state index contributed by atoms with van der Waals surface area (Å²) in [6.07, 6.45) is 3.11. The molecule has 0 aromatic rings. The Hall–Kier alpha value is -2.12. The van der Waals surface area contributed by atoms with Gasteiger partial charge in [-0.3, -0.25) is 9.59 Å². The highest BCUT2D eigenvalue weighted by atomic mass is 16.6. The summed E-state index contributed by atoms with van der Waals surface area (Å²) in [4.78, 5) is 46.7. The number of esters is 1. The van der Waals surface area contributed by atoms with Gasteiger partial charge in [0.1, 0.15) is 6.10 Å². The van der Waals surface area contributed by atoms with Crippen LogP contribution in [-0.4, -0.2) is 46.3 Å². The lowest BCUT2D eigenvalue weighted by Gasteiger charge is -2.36. The number of carboxylic acid groups (broad SMARTS) is 2. The van der Waals surface area contributed by atoms with E-state index in [-0.39, 0.29) is 19.3 Å². The molecule has 0 bridgehead atoms. The molecule has 2 fully saturated rings. The zero-order chi connectivity index (χ0) is 17.1. The van der Waals surface area contributed by atoms with Crippen LogP contribution in [0.5, 0.6) is 0 Å². The molecule has 0 amide bonds. The lowest BCUT2D eigenvalue weighted by Crippen LogP contribution is -2.61. The van der Waals surface area contributed by atoms with Crippen LogP contribution in [-0.2, 0) is 28.7 Å². The average molecular weight is 327 g/mol. The van der Waals surface area contributed by atoms with E-state index >= 15 is 0 Å². The molecule has 2 aliphatic carbocycles. The van der Waals surface area contributed by atoms with Crippen LogP contribution < -0.4 is 0 Å². The van der Waals surface area contributed by atoms with E-state index < -0.39 is 35.0 Å². The SMILES string of the molecule is O=[C]OC1(C(=O)O)CCCC1(C(=O)O)C(=O)OC1CCCCC1. The molecule has 2 atom stereocenters. The van der Waals surface area contributed by atoms with Crippen molar-refractivity contribution in [2.45, 2.75) is 63.1 Å². The molecule has 2 aliphatic rings. The lowest BCUT2D eigenvalue weighted by molar-refractivity contribution is -0.198. The third-order valence-electron chi connectivity index (χ3n) is 4.87. The molecular weight excluding hydrogens is 308 g/mol. The van der Waals surface area contributed by atoms with E-state index in [9.17, 15) is 29.4 Å². The largest absolute Gasteiger partial charge is 0.480 e. The number of ether oxygens (including phenoxy) is 2. The molecular formula is C15H19O8. The summed E-state index contributed by atoms with van der Waals surface area (Å²) in [6.45, 7) is 0.998. The van der Waals surface area contributed by atoms with Gasteiger partial charge in [0, 0.05) is 6.42 Å². The Morgan fingerprint density at radius 2 is 1.61 bits per heavy atom. The fraction of sp³-hybridized carbons (Fsp3) is 0.733. The predicted octanol–water partition coefficient (Wildman–Crippen LogP) is 1.02. The van der Waals surface area contributed by atoms with Crippen molar-refractivity contribution in [1.29, 1.82) is 0 Å². The maximum atomic E-state index is 12.6.